The lowest BCUT2D eigenvalue weighted by molar-refractivity contribution is -0.137. The lowest BCUT2D eigenvalue weighted by Gasteiger charge is -2.37. The second kappa shape index (κ2) is 11.0. The van der Waals surface area contributed by atoms with E-state index in [1.54, 1.807) is 7.11 Å². The molecule has 1 amide bonds. The van der Waals surface area contributed by atoms with Gasteiger partial charge in [-0.25, -0.2) is 0 Å². The summed E-state index contributed by atoms with van der Waals surface area (Å²) in [6.07, 6.45) is 0. The van der Waals surface area contributed by atoms with Gasteiger partial charge in [-0.3, -0.25) is 14.6 Å². The fraction of sp³-hybridized carbons (Fsp3) is 0.458. The summed E-state index contributed by atoms with van der Waals surface area (Å²) < 4.78 is 10.9. The maximum Gasteiger partial charge on any atom is 0.239 e. The molecule has 0 N–H and O–H groups in total. The number of hydrogen-bond acceptors (Lipinski definition) is 5. The molecule has 1 atom stereocenters. The molecule has 0 saturated carbocycles. The average molecular weight is 412 g/mol. The summed E-state index contributed by atoms with van der Waals surface area (Å²) in [6, 6.07) is 17.9. The summed E-state index contributed by atoms with van der Waals surface area (Å²) in [6.45, 7) is 7.54. The van der Waals surface area contributed by atoms with Gasteiger partial charge >= 0.3 is 0 Å². The molecule has 0 bridgehead atoms. The lowest BCUT2D eigenvalue weighted by atomic mass is 10.2. The van der Waals surface area contributed by atoms with Crippen LogP contribution >= 0.6 is 0 Å². The fourth-order valence-corrected chi connectivity index (χ4v) is 3.59. The van der Waals surface area contributed by atoms with Crippen molar-refractivity contribution in [3.05, 3.63) is 60.2 Å². The number of amides is 1. The predicted molar refractivity (Wildman–Crippen MR) is 119 cm³/mol. The molecular weight excluding hydrogens is 378 g/mol. The summed E-state index contributed by atoms with van der Waals surface area (Å²) in [5, 5.41) is 0. The number of carbonyl (C=O) groups is 1. The molecule has 1 aliphatic heterocycles. The van der Waals surface area contributed by atoms with E-state index >= 15 is 0 Å². The first kappa shape index (κ1) is 22.1. The Labute approximate surface area is 180 Å². The van der Waals surface area contributed by atoms with E-state index in [0.717, 1.165) is 44.2 Å². The van der Waals surface area contributed by atoms with Crippen molar-refractivity contribution in [2.24, 2.45) is 0 Å². The normalized spacial score (nSPS) is 15.8. The van der Waals surface area contributed by atoms with Gasteiger partial charge in [0.15, 0.2) is 0 Å². The number of likely N-dealkylation sites (N-methyl/N-ethyl adjacent to an activating group) is 1. The Bertz CT molecular complexity index is 774. The van der Waals surface area contributed by atoms with E-state index in [2.05, 4.69) is 34.1 Å². The van der Waals surface area contributed by atoms with Gasteiger partial charge in [0.2, 0.25) is 5.91 Å². The highest BCUT2D eigenvalue weighted by atomic mass is 16.5. The fourth-order valence-electron chi connectivity index (χ4n) is 3.59. The van der Waals surface area contributed by atoms with Crippen molar-refractivity contribution in [1.82, 2.24) is 14.7 Å². The lowest BCUT2D eigenvalue weighted by Crippen LogP contribution is -2.53. The van der Waals surface area contributed by atoms with Gasteiger partial charge in [-0.2, -0.15) is 0 Å². The van der Waals surface area contributed by atoms with Gasteiger partial charge in [-0.05, 0) is 43.8 Å². The van der Waals surface area contributed by atoms with E-state index in [0.29, 0.717) is 13.2 Å². The van der Waals surface area contributed by atoms with Crippen molar-refractivity contribution in [1.29, 1.82) is 0 Å². The van der Waals surface area contributed by atoms with Crippen LogP contribution in [0.1, 0.15) is 12.5 Å². The Kier molecular flexibility index (Phi) is 8.11. The summed E-state index contributed by atoms with van der Waals surface area (Å²) in [5.74, 6) is 1.81. The van der Waals surface area contributed by atoms with Gasteiger partial charge in [0.25, 0.3) is 0 Å². The van der Waals surface area contributed by atoms with Crippen LogP contribution < -0.4 is 9.47 Å². The van der Waals surface area contributed by atoms with Gasteiger partial charge in [-0.1, -0.05) is 30.3 Å². The maximum atomic E-state index is 12.9. The minimum absolute atomic E-state index is 0.162. The molecule has 6 nitrogen and oxygen atoms in total. The summed E-state index contributed by atoms with van der Waals surface area (Å²) in [5.41, 5.74) is 1.32. The predicted octanol–water partition coefficient (Wildman–Crippen LogP) is 2.74. The molecule has 0 spiro atoms. The van der Waals surface area contributed by atoms with Gasteiger partial charge in [0, 0.05) is 39.3 Å². The molecule has 6 heteroatoms. The van der Waals surface area contributed by atoms with Crippen molar-refractivity contribution in [3.63, 3.8) is 0 Å². The molecule has 0 radical (unpaired) electrons. The van der Waals surface area contributed by atoms with E-state index in [1.807, 2.05) is 49.2 Å². The molecule has 0 aliphatic carbocycles. The highest BCUT2D eigenvalue weighted by molar-refractivity contribution is 5.81. The molecule has 0 aromatic heterocycles. The van der Waals surface area contributed by atoms with Crippen molar-refractivity contribution < 1.29 is 14.3 Å². The second-order valence-corrected chi connectivity index (χ2v) is 7.77. The topological polar surface area (TPSA) is 45.3 Å². The zero-order chi connectivity index (χ0) is 21.3. The Hall–Kier alpha value is -2.57. The first-order chi connectivity index (χ1) is 14.6. The van der Waals surface area contributed by atoms with Crippen LogP contribution in [-0.4, -0.2) is 80.1 Å². The molecule has 2 aromatic rings. The summed E-state index contributed by atoms with van der Waals surface area (Å²) in [4.78, 5) is 19.4. The molecule has 1 saturated heterocycles. The number of hydrogen-bond donors (Lipinski definition) is 0. The van der Waals surface area contributed by atoms with Crippen LogP contribution in [0, 0.1) is 0 Å². The highest BCUT2D eigenvalue weighted by Crippen LogP contribution is 2.17. The Morgan fingerprint density at radius 2 is 1.63 bits per heavy atom. The molecule has 30 heavy (non-hydrogen) atoms. The van der Waals surface area contributed by atoms with Crippen LogP contribution in [0.25, 0.3) is 0 Å². The number of ether oxygens (including phenoxy) is 2. The summed E-state index contributed by atoms with van der Waals surface area (Å²) in [7, 11) is 3.62. The Morgan fingerprint density at radius 3 is 2.27 bits per heavy atom. The van der Waals surface area contributed by atoms with E-state index in [1.165, 1.54) is 5.56 Å². The van der Waals surface area contributed by atoms with E-state index in [9.17, 15) is 4.79 Å². The first-order valence-corrected chi connectivity index (χ1v) is 10.6. The van der Waals surface area contributed by atoms with Crippen LogP contribution in [-0.2, 0) is 11.3 Å². The average Bonchev–Trinajstić information content (AvgIpc) is 2.79. The van der Waals surface area contributed by atoms with Crippen LogP contribution in [0.4, 0.5) is 0 Å². The minimum atomic E-state index is -0.162. The molecule has 162 valence electrons. The van der Waals surface area contributed by atoms with Gasteiger partial charge < -0.3 is 14.4 Å². The molecular formula is C24H33N3O3. The molecule has 1 heterocycles. The van der Waals surface area contributed by atoms with Crippen LogP contribution in [0.5, 0.6) is 11.5 Å². The van der Waals surface area contributed by atoms with Crippen LogP contribution in [0.15, 0.2) is 54.6 Å². The molecule has 0 unspecified atom stereocenters. The molecule has 3 rings (SSSR count). The second-order valence-electron chi connectivity index (χ2n) is 7.77. The third-order valence-electron chi connectivity index (χ3n) is 5.72. The van der Waals surface area contributed by atoms with Crippen molar-refractivity contribution in [2.75, 3.05) is 53.5 Å². The van der Waals surface area contributed by atoms with E-state index in [4.69, 9.17) is 9.47 Å². The number of piperazine rings is 1. The van der Waals surface area contributed by atoms with Crippen LogP contribution in [0.2, 0.25) is 0 Å². The van der Waals surface area contributed by atoms with Crippen molar-refractivity contribution in [2.45, 2.75) is 19.5 Å². The quantitative estimate of drug-likeness (QED) is 0.635. The number of carbonyl (C=O) groups excluding carboxylic acids is 1. The van der Waals surface area contributed by atoms with Gasteiger partial charge in [-0.15, -0.1) is 0 Å². The number of nitrogens with zero attached hydrogens (tertiary/aromatic N) is 3. The van der Waals surface area contributed by atoms with Crippen LogP contribution in [0.3, 0.4) is 0 Å². The third kappa shape index (κ3) is 6.21. The first-order valence-electron chi connectivity index (χ1n) is 10.6. The number of rotatable bonds is 9. The summed E-state index contributed by atoms with van der Waals surface area (Å²) >= 11 is 0. The van der Waals surface area contributed by atoms with E-state index < -0.39 is 0 Å². The van der Waals surface area contributed by atoms with E-state index in [-0.39, 0.29) is 11.9 Å². The Morgan fingerprint density at radius 1 is 1.00 bits per heavy atom. The highest BCUT2D eigenvalue weighted by Gasteiger charge is 2.27. The molecule has 2 aromatic carbocycles. The van der Waals surface area contributed by atoms with Gasteiger partial charge in [0.05, 0.1) is 13.2 Å². The smallest absolute Gasteiger partial charge is 0.239 e. The Balaban J connectivity index is 1.39. The van der Waals surface area contributed by atoms with Crippen molar-refractivity contribution in [3.8, 4) is 11.5 Å². The zero-order valence-corrected chi connectivity index (χ0v) is 18.3. The van der Waals surface area contributed by atoms with Gasteiger partial charge in [0.1, 0.15) is 18.1 Å². The maximum absolute atomic E-state index is 12.9. The number of benzene rings is 2. The number of methoxy groups -OCH3 is 1. The SMILES string of the molecule is COc1ccc(OCCN(C)[C@@H](C)C(=O)N2CCN(Cc3ccccc3)CC2)cc1. The third-order valence-corrected chi connectivity index (χ3v) is 5.72. The largest absolute Gasteiger partial charge is 0.497 e. The zero-order valence-electron chi connectivity index (χ0n) is 18.3. The monoisotopic (exact) mass is 411 g/mol. The molecule has 1 aliphatic rings. The molecule has 1 fully saturated rings. The van der Waals surface area contributed by atoms with Crippen molar-refractivity contribution >= 4 is 5.91 Å². The minimum Gasteiger partial charge on any atom is -0.497 e. The standard InChI is InChI=1S/C24H33N3O3/c1-20(25(2)17-18-30-23-11-9-22(29-3)10-12-23)24(28)27-15-13-26(14-16-27)19-21-7-5-4-6-8-21/h4-12,20H,13-19H2,1-3H3/t20-/m0/s1.